The minimum Gasteiger partial charge on any atom is -0.297 e. The Morgan fingerprint density at radius 1 is 1.07 bits per heavy atom. The lowest BCUT2D eigenvalue weighted by Gasteiger charge is -2.26. The molecule has 1 heteroatoms. The summed E-state index contributed by atoms with van der Waals surface area (Å²) in [4.78, 5) is 2.59. The van der Waals surface area contributed by atoms with E-state index in [2.05, 4.69) is 44.7 Å². The van der Waals surface area contributed by atoms with Gasteiger partial charge in [0.05, 0.1) is 0 Å². The van der Waals surface area contributed by atoms with E-state index in [1.165, 1.54) is 38.8 Å². The van der Waals surface area contributed by atoms with Gasteiger partial charge in [-0.2, -0.15) is 0 Å². The SMILES string of the molecule is CC=CC(C)N(CCCC)CCCC. The first-order chi connectivity index (χ1) is 6.76. The highest BCUT2D eigenvalue weighted by molar-refractivity contribution is 4.89. The molecule has 1 unspecified atom stereocenters. The monoisotopic (exact) mass is 197 g/mol. The molecule has 0 aromatic heterocycles. The number of hydrogen-bond acceptors (Lipinski definition) is 1. The molecule has 0 rings (SSSR count). The fourth-order valence-electron chi connectivity index (χ4n) is 1.64. The van der Waals surface area contributed by atoms with Crippen molar-refractivity contribution in [2.45, 2.75) is 59.4 Å². The maximum atomic E-state index is 2.59. The van der Waals surface area contributed by atoms with Gasteiger partial charge in [0.15, 0.2) is 0 Å². The molecule has 0 saturated carbocycles. The molecule has 0 fully saturated rings. The van der Waals surface area contributed by atoms with Gasteiger partial charge in [-0.1, -0.05) is 38.8 Å². The molecule has 0 radical (unpaired) electrons. The lowest BCUT2D eigenvalue weighted by atomic mass is 10.2. The van der Waals surface area contributed by atoms with E-state index in [0.29, 0.717) is 6.04 Å². The van der Waals surface area contributed by atoms with Crippen LogP contribution in [0.3, 0.4) is 0 Å². The summed E-state index contributed by atoms with van der Waals surface area (Å²) in [5, 5.41) is 0. The van der Waals surface area contributed by atoms with Crippen LogP contribution in [0.2, 0.25) is 0 Å². The number of rotatable bonds is 8. The van der Waals surface area contributed by atoms with Crippen LogP contribution in [-0.2, 0) is 0 Å². The van der Waals surface area contributed by atoms with Gasteiger partial charge >= 0.3 is 0 Å². The predicted octanol–water partition coefficient (Wildman–Crippen LogP) is 3.85. The van der Waals surface area contributed by atoms with E-state index >= 15 is 0 Å². The standard InChI is InChI=1S/C13H27N/c1-5-8-11-14(12-9-6-2)13(4)10-7-3/h7,10,13H,5-6,8-9,11-12H2,1-4H3. The van der Waals surface area contributed by atoms with E-state index in [1.807, 2.05) is 0 Å². The largest absolute Gasteiger partial charge is 0.297 e. The van der Waals surface area contributed by atoms with Crippen molar-refractivity contribution in [1.29, 1.82) is 0 Å². The van der Waals surface area contributed by atoms with Crippen molar-refractivity contribution in [2.24, 2.45) is 0 Å². The normalized spacial score (nSPS) is 14.1. The second-order valence-electron chi connectivity index (χ2n) is 4.01. The average molecular weight is 197 g/mol. The van der Waals surface area contributed by atoms with Crippen LogP contribution in [0.5, 0.6) is 0 Å². The van der Waals surface area contributed by atoms with E-state index in [4.69, 9.17) is 0 Å². The second kappa shape index (κ2) is 9.26. The smallest absolute Gasteiger partial charge is 0.0249 e. The van der Waals surface area contributed by atoms with Gasteiger partial charge in [-0.15, -0.1) is 0 Å². The number of nitrogens with zero attached hydrogens (tertiary/aromatic N) is 1. The topological polar surface area (TPSA) is 3.24 Å². The van der Waals surface area contributed by atoms with E-state index in [9.17, 15) is 0 Å². The van der Waals surface area contributed by atoms with Crippen molar-refractivity contribution in [3.63, 3.8) is 0 Å². The Balaban J connectivity index is 3.93. The molecule has 0 spiro atoms. The van der Waals surface area contributed by atoms with Crippen molar-refractivity contribution in [1.82, 2.24) is 4.90 Å². The molecule has 0 saturated heterocycles. The first-order valence-electron chi connectivity index (χ1n) is 6.13. The Hall–Kier alpha value is -0.300. The van der Waals surface area contributed by atoms with Crippen LogP contribution >= 0.6 is 0 Å². The van der Waals surface area contributed by atoms with Crippen LogP contribution in [0.15, 0.2) is 12.2 Å². The van der Waals surface area contributed by atoms with Gasteiger partial charge in [0, 0.05) is 6.04 Å². The second-order valence-corrected chi connectivity index (χ2v) is 4.01. The third-order valence-corrected chi connectivity index (χ3v) is 2.64. The van der Waals surface area contributed by atoms with E-state index < -0.39 is 0 Å². The van der Waals surface area contributed by atoms with E-state index in [-0.39, 0.29) is 0 Å². The van der Waals surface area contributed by atoms with Crippen LogP contribution in [0.25, 0.3) is 0 Å². The highest BCUT2D eigenvalue weighted by Crippen LogP contribution is 2.05. The Morgan fingerprint density at radius 3 is 1.93 bits per heavy atom. The van der Waals surface area contributed by atoms with Gasteiger partial charge in [-0.25, -0.2) is 0 Å². The molecule has 0 aliphatic carbocycles. The summed E-state index contributed by atoms with van der Waals surface area (Å²) >= 11 is 0. The van der Waals surface area contributed by atoms with Crippen LogP contribution in [0.4, 0.5) is 0 Å². The molecule has 0 aliphatic rings. The Bertz CT molecular complexity index is 132. The van der Waals surface area contributed by atoms with Gasteiger partial charge in [0.25, 0.3) is 0 Å². The summed E-state index contributed by atoms with van der Waals surface area (Å²) in [7, 11) is 0. The van der Waals surface area contributed by atoms with Crippen LogP contribution < -0.4 is 0 Å². The fourth-order valence-corrected chi connectivity index (χ4v) is 1.64. The molecular formula is C13H27N. The number of allylic oxidation sites excluding steroid dienone is 1. The molecule has 0 aromatic rings. The molecule has 0 aliphatic heterocycles. The first kappa shape index (κ1) is 13.7. The molecular weight excluding hydrogens is 170 g/mol. The molecule has 14 heavy (non-hydrogen) atoms. The van der Waals surface area contributed by atoms with Crippen molar-refractivity contribution in [3.05, 3.63) is 12.2 Å². The zero-order valence-electron chi connectivity index (χ0n) is 10.4. The summed E-state index contributed by atoms with van der Waals surface area (Å²) in [6.07, 6.45) is 9.70. The van der Waals surface area contributed by atoms with Gasteiger partial charge < -0.3 is 0 Å². The van der Waals surface area contributed by atoms with Gasteiger partial charge in [0.1, 0.15) is 0 Å². The summed E-state index contributed by atoms with van der Waals surface area (Å²) in [5.74, 6) is 0. The third kappa shape index (κ3) is 6.20. The summed E-state index contributed by atoms with van der Waals surface area (Å²) in [6, 6.07) is 0.609. The lowest BCUT2D eigenvalue weighted by Crippen LogP contribution is -2.33. The van der Waals surface area contributed by atoms with Crippen LogP contribution in [0, 0.1) is 0 Å². The van der Waals surface area contributed by atoms with Crippen molar-refractivity contribution >= 4 is 0 Å². The van der Waals surface area contributed by atoms with Crippen molar-refractivity contribution in [2.75, 3.05) is 13.1 Å². The van der Waals surface area contributed by atoms with Gasteiger partial charge in [-0.3, -0.25) is 4.90 Å². The van der Waals surface area contributed by atoms with Crippen LogP contribution in [0.1, 0.15) is 53.4 Å². The zero-order chi connectivity index (χ0) is 10.8. The highest BCUT2D eigenvalue weighted by atomic mass is 15.1. The van der Waals surface area contributed by atoms with Gasteiger partial charge in [-0.05, 0) is 39.8 Å². The molecule has 0 aromatic carbocycles. The quantitative estimate of drug-likeness (QED) is 0.534. The minimum atomic E-state index is 0.609. The number of hydrogen-bond donors (Lipinski definition) is 0. The first-order valence-corrected chi connectivity index (χ1v) is 6.13. The maximum absolute atomic E-state index is 2.59. The molecule has 0 amide bonds. The average Bonchev–Trinajstić information content (AvgIpc) is 2.18. The molecule has 1 atom stereocenters. The maximum Gasteiger partial charge on any atom is 0.0249 e. The van der Waals surface area contributed by atoms with Crippen molar-refractivity contribution < 1.29 is 0 Å². The van der Waals surface area contributed by atoms with Crippen molar-refractivity contribution in [3.8, 4) is 0 Å². The fraction of sp³-hybridized carbons (Fsp3) is 0.846. The minimum absolute atomic E-state index is 0.609. The Morgan fingerprint density at radius 2 is 1.57 bits per heavy atom. The molecule has 0 heterocycles. The summed E-state index contributed by atoms with van der Waals surface area (Å²) < 4.78 is 0. The third-order valence-electron chi connectivity index (χ3n) is 2.64. The van der Waals surface area contributed by atoms with Gasteiger partial charge in [0.2, 0.25) is 0 Å². The molecule has 0 bridgehead atoms. The molecule has 0 N–H and O–H groups in total. The molecule has 1 nitrogen and oxygen atoms in total. The predicted molar refractivity (Wildman–Crippen MR) is 65.7 cm³/mol. The Labute approximate surface area is 90.2 Å². The lowest BCUT2D eigenvalue weighted by molar-refractivity contribution is 0.234. The summed E-state index contributed by atoms with van der Waals surface area (Å²) in [5.41, 5.74) is 0. The Kier molecular flexibility index (Phi) is 9.06. The molecule has 84 valence electrons. The highest BCUT2D eigenvalue weighted by Gasteiger charge is 2.08. The van der Waals surface area contributed by atoms with E-state index in [1.54, 1.807) is 0 Å². The zero-order valence-corrected chi connectivity index (χ0v) is 10.4. The van der Waals surface area contributed by atoms with E-state index in [0.717, 1.165) is 0 Å². The van der Waals surface area contributed by atoms with Crippen LogP contribution in [-0.4, -0.2) is 24.0 Å². The number of unbranched alkanes of at least 4 members (excludes halogenated alkanes) is 2. The summed E-state index contributed by atoms with van der Waals surface area (Å²) in [6.45, 7) is 11.4.